The summed E-state index contributed by atoms with van der Waals surface area (Å²) in [6.07, 6.45) is 4.19. The van der Waals surface area contributed by atoms with Gasteiger partial charge < -0.3 is 14.4 Å². The molecule has 1 atom stereocenters. The molecule has 0 bridgehead atoms. The second-order valence-electron chi connectivity index (χ2n) is 7.76. The van der Waals surface area contributed by atoms with Crippen LogP contribution >= 0.6 is 0 Å². The molecule has 0 radical (unpaired) electrons. The SMILES string of the molecule is CC(=O)N1CCC[C@H](c2nnc3n2CCN(CCc2ccccc2)CC3)C1. The molecule has 2 aliphatic heterocycles. The van der Waals surface area contributed by atoms with Gasteiger partial charge in [0.15, 0.2) is 0 Å². The van der Waals surface area contributed by atoms with Crippen molar-refractivity contribution in [3.8, 4) is 0 Å². The Morgan fingerprint density at radius 3 is 2.78 bits per heavy atom. The number of aromatic nitrogens is 3. The standard InChI is InChI=1S/C21H29N5O/c1-17(27)25-11-5-8-19(16-25)21-23-22-20-10-13-24(14-15-26(20)21)12-9-18-6-3-2-4-7-18/h2-4,6-7,19H,5,8-16H2,1H3/t19-/m0/s1. The largest absolute Gasteiger partial charge is 0.342 e. The Hall–Kier alpha value is -2.21. The molecule has 27 heavy (non-hydrogen) atoms. The minimum Gasteiger partial charge on any atom is -0.342 e. The number of rotatable bonds is 4. The summed E-state index contributed by atoms with van der Waals surface area (Å²) in [4.78, 5) is 16.3. The van der Waals surface area contributed by atoms with E-state index >= 15 is 0 Å². The molecule has 0 aliphatic carbocycles. The number of hydrogen-bond donors (Lipinski definition) is 0. The van der Waals surface area contributed by atoms with Gasteiger partial charge in [0.05, 0.1) is 0 Å². The number of carbonyl (C=O) groups excluding carboxylic acids is 1. The summed E-state index contributed by atoms with van der Waals surface area (Å²) >= 11 is 0. The van der Waals surface area contributed by atoms with E-state index in [1.165, 1.54) is 5.56 Å². The van der Waals surface area contributed by atoms with E-state index < -0.39 is 0 Å². The van der Waals surface area contributed by atoms with E-state index in [-0.39, 0.29) is 5.91 Å². The monoisotopic (exact) mass is 367 g/mol. The average Bonchev–Trinajstić information content (AvgIpc) is 3.00. The van der Waals surface area contributed by atoms with Crippen LogP contribution in [0.2, 0.25) is 0 Å². The van der Waals surface area contributed by atoms with Gasteiger partial charge in [-0.05, 0) is 24.8 Å². The van der Waals surface area contributed by atoms with Crippen molar-refractivity contribution in [2.45, 2.75) is 45.1 Å². The zero-order valence-corrected chi connectivity index (χ0v) is 16.2. The van der Waals surface area contributed by atoms with Crippen LogP contribution in [0.3, 0.4) is 0 Å². The van der Waals surface area contributed by atoms with E-state index in [0.29, 0.717) is 5.92 Å². The Morgan fingerprint density at radius 2 is 1.96 bits per heavy atom. The fourth-order valence-electron chi connectivity index (χ4n) is 4.32. The Morgan fingerprint density at radius 1 is 1.11 bits per heavy atom. The minimum absolute atomic E-state index is 0.169. The van der Waals surface area contributed by atoms with Crippen molar-refractivity contribution in [3.63, 3.8) is 0 Å². The third kappa shape index (κ3) is 4.21. The molecular weight excluding hydrogens is 338 g/mol. The van der Waals surface area contributed by atoms with Crippen molar-refractivity contribution in [2.75, 3.05) is 32.7 Å². The third-order valence-corrected chi connectivity index (χ3v) is 5.94. The molecule has 1 saturated heterocycles. The van der Waals surface area contributed by atoms with Crippen LogP contribution in [0.4, 0.5) is 0 Å². The maximum atomic E-state index is 11.8. The summed E-state index contributed by atoms with van der Waals surface area (Å²) < 4.78 is 2.33. The molecule has 1 aromatic heterocycles. The van der Waals surface area contributed by atoms with E-state index in [1.807, 2.05) is 4.90 Å². The highest BCUT2D eigenvalue weighted by Gasteiger charge is 2.28. The fraction of sp³-hybridized carbons (Fsp3) is 0.571. The van der Waals surface area contributed by atoms with E-state index in [9.17, 15) is 4.79 Å². The number of benzene rings is 1. The second kappa shape index (κ2) is 8.21. The summed E-state index contributed by atoms with van der Waals surface area (Å²) in [6, 6.07) is 10.7. The van der Waals surface area contributed by atoms with Crippen LogP contribution in [0.5, 0.6) is 0 Å². The Balaban J connectivity index is 1.39. The van der Waals surface area contributed by atoms with Crippen molar-refractivity contribution in [3.05, 3.63) is 47.5 Å². The molecule has 144 valence electrons. The first kappa shape index (κ1) is 18.2. The van der Waals surface area contributed by atoms with Crippen LogP contribution in [-0.2, 0) is 24.2 Å². The number of amides is 1. The number of nitrogens with zero attached hydrogens (tertiary/aromatic N) is 5. The van der Waals surface area contributed by atoms with Gasteiger partial charge in [0.25, 0.3) is 0 Å². The van der Waals surface area contributed by atoms with Crippen molar-refractivity contribution >= 4 is 5.91 Å². The lowest BCUT2D eigenvalue weighted by atomic mass is 9.97. The van der Waals surface area contributed by atoms with Crippen LogP contribution in [0.1, 0.15) is 42.9 Å². The lowest BCUT2D eigenvalue weighted by molar-refractivity contribution is -0.130. The molecule has 3 heterocycles. The predicted molar refractivity (Wildman–Crippen MR) is 105 cm³/mol. The van der Waals surface area contributed by atoms with Gasteiger partial charge in [0, 0.05) is 58.5 Å². The lowest BCUT2D eigenvalue weighted by Gasteiger charge is -2.31. The number of likely N-dealkylation sites (tertiary alicyclic amines) is 1. The summed E-state index contributed by atoms with van der Waals surface area (Å²) in [5, 5.41) is 9.03. The van der Waals surface area contributed by atoms with Gasteiger partial charge in [-0.3, -0.25) is 4.79 Å². The van der Waals surface area contributed by atoms with Crippen LogP contribution in [0.25, 0.3) is 0 Å². The molecule has 2 aliphatic rings. The smallest absolute Gasteiger partial charge is 0.219 e. The van der Waals surface area contributed by atoms with E-state index in [2.05, 4.69) is 50.0 Å². The van der Waals surface area contributed by atoms with Crippen LogP contribution < -0.4 is 0 Å². The average molecular weight is 367 g/mol. The Kier molecular flexibility index (Phi) is 5.53. The first-order valence-electron chi connectivity index (χ1n) is 10.1. The molecule has 0 unspecified atom stereocenters. The van der Waals surface area contributed by atoms with Crippen molar-refractivity contribution in [2.24, 2.45) is 0 Å². The molecule has 1 aromatic carbocycles. The van der Waals surface area contributed by atoms with Crippen LogP contribution in [0, 0.1) is 0 Å². The molecule has 1 amide bonds. The first-order chi connectivity index (χ1) is 13.2. The molecule has 2 aromatic rings. The zero-order valence-electron chi connectivity index (χ0n) is 16.2. The lowest BCUT2D eigenvalue weighted by Crippen LogP contribution is -2.38. The summed E-state index contributed by atoms with van der Waals surface area (Å²) in [6.45, 7) is 7.42. The van der Waals surface area contributed by atoms with Gasteiger partial charge in [0.2, 0.25) is 5.91 Å². The van der Waals surface area contributed by atoms with Gasteiger partial charge in [-0.25, -0.2) is 0 Å². The summed E-state index contributed by atoms with van der Waals surface area (Å²) in [5.41, 5.74) is 1.40. The van der Waals surface area contributed by atoms with E-state index in [1.54, 1.807) is 6.92 Å². The molecular formula is C21H29N5O. The predicted octanol–water partition coefficient (Wildman–Crippen LogP) is 2.10. The highest BCUT2D eigenvalue weighted by Crippen LogP contribution is 2.27. The highest BCUT2D eigenvalue weighted by atomic mass is 16.2. The quantitative estimate of drug-likeness (QED) is 0.831. The molecule has 6 heteroatoms. The molecule has 4 rings (SSSR count). The van der Waals surface area contributed by atoms with Gasteiger partial charge in [-0.15, -0.1) is 10.2 Å². The molecule has 0 N–H and O–H groups in total. The first-order valence-corrected chi connectivity index (χ1v) is 10.1. The number of carbonyl (C=O) groups is 1. The van der Waals surface area contributed by atoms with Crippen LogP contribution in [0.15, 0.2) is 30.3 Å². The van der Waals surface area contributed by atoms with Gasteiger partial charge >= 0.3 is 0 Å². The maximum Gasteiger partial charge on any atom is 0.219 e. The van der Waals surface area contributed by atoms with Crippen molar-refractivity contribution in [1.82, 2.24) is 24.6 Å². The Labute approximate surface area is 161 Å². The van der Waals surface area contributed by atoms with Crippen molar-refractivity contribution < 1.29 is 4.79 Å². The third-order valence-electron chi connectivity index (χ3n) is 5.94. The zero-order chi connectivity index (χ0) is 18.6. The number of hydrogen-bond acceptors (Lipinski definition) is 4. The molecule has 1 fully saturated rings. The fourth-order valence-corrected chi connectivity index (χ4v) is 4.32. The maximum absolute atomic E-state index is 11.8. The Bertz CT molecular complexity index is 772. The van der Waals surface area contributed by atoms with Crippen LogP contribution in [-0.4, -0.2) is 63.2 Å². The summed E-state index contributed by atoms with van der Waals surface area (Å²) in [7, 11) is 0. The van der Waals surface area contributed by atoms with Gasteiger partial charge in [-0.2, -0.15) is 0 Å². The molecule has 0 spiro atoms. The molecule has 0 saturated carbocycles. The topological polar surface area (TPSA) is 54.3 Å². The minimum atomic E-state index is 0.169. The van der Waals surface area contributed by atoms with Gasteiger partial charge in [-0.1, -0.05) is 30.3 Å². The number of piperidine rings is 1. The van der Waals surface area contributed by atoms with E-state index in [0.717, 1.165) is 76.6 Å². The summed E-state index contributed by atoms with van der Waals surface area (Å²) in [5.74, 6) is 2.68. The number of fused-ring (bicyclic) bond motifs is 1. The van der Waals surface area contributed by atoms with Gasteiger partial charge in [0.1, 0.15) is 11.6 Å². The molecule has 6 nitrogen and oxygen atoms in total. The van der Waals surface area contributed by atoms with E-state index in [4.69, 9.17) is 0 Å². The highest BCUT2D eigenvalue weighted by molar-refractivity contribution is 5.73. The second-order valence-corrected chi connectivity index (χ2v) is 7.76. The normalized spacial score (nSPS) is 20.9. The van der Waals surface area contributed by atoms with Crippen molar-refractivity contribution in [1.29, 1.82) is 0 Å².